The average Bonchev–Trinajstić information content (AvgIpc) is 2.64. The van der Waals surface area contributed by atoms with Gasteiger partial charge in [-0.1, -0.05) is 25.4 Å². The van der Waals surface area contributed by atoms with Crippen LogP contribution < -0.4 is 0 Å². The van der Waals surface area contributed by atoms with Crippen LogP contribution in [0.25, 0.3) is 11.0 Å². The summed E-state index contributed by atoms with van der Waals surface area (Å²) in [4.78, 5) is 0. The number of nitrogens with zero attached hydrogens (tertiary/aromatic N) is 1. The van der Waals surface area contributed by atoms with Crippen LogP contribution in [0, 0.1) is 25.2 Å². The lowest BCUT2D eigenvalue weighted by molar-refractivity contribution is 0.589. The number of halogens is 1. The van der Waals surface area contributed by atoms with Gasteiger partial charge in [0.05, 0.1) is 0 Å². The Morgan fingerprint density at radius 2 is 2.00 bits per heavy atom. The number of benzene rings is 1. The van der Waals surface area contributed by atoms with E-state index in [0.29, 0.717) is 5.76 Å². The van der Waals surface area contributed by atoms with Gasteiger partial charge in [-0.3, -0.25) is 0 Å². The predicted octanol–water partition coefficient (Wildman–Crippen LogP) is 4.70. The highest BCUT2D eigenvalue weighted by Crippen LogP contribution is 2.37. The van der Waals surface area contributed by atoms with Crippen LogP contribution >= 0.6 is 11.6 Å². The van der Waals surface area contributed by atoms with E-state index < -0.39 is 0 Å². The molecule has 0 bridgehead atoms. The van der Waals surface area contributed by atoms with Crippen LogP contribution in [0.2, 0.25) is 5.02 Å². The average molecular weight is 248 g/mol. The van der Waals surface area contributed by atoms with Gasteiger partial charge >= 0.3 is 0 Å². The third-order valence-corrected chi connectivity index (χ3v) is 3.63. The summed E-state index contributed by atoms with van der Waals surface area (Å²) in [6, 6.07) is 4.02. The van der Waals surface area contributed by atoms with Crippen LogP contribution in [0.3, 0.4) is 0 Å². The first-order valence-electron chi connectivity index (χ1n) is 5.59. The van der Waals surface area contributed by atoms with Gasteiger partial charge in [0.15, 0.2) is 0 Å². The van der Waals surface area contributed by atoms with Gasteiger partial charge < -0.3 is 4.42 Å². The van der Waals surface area contributed by atoms with Crippen molar-refractivity contribution in [3.63, 3.8) is 0 Å². The lowest BCUT2D eigenvalue weighted by atomic mass is 9.96. The summed E-state index contributed by atoms with van der Waals surface area (Å²) in [5, 5.41) is 10.9. The fraction of sp³-hybridized carbons (Fsp3) is 0.357. The molecule has 1 heterocycles. The number of aryl methyl sites for hydroxylation is 2. The maximum Gasteiger partial charge on any atom is 0.208 e. The summed E-state index contributed by atoms with van der Waals surface area (Å²) in [6.45, 7) is 8.02. The van der Waals surface area contributed by atoms with Crippen molar-refractivity contribution in [3.8, 4) is 6.07 Å². The molecule has 0 aliphatic heterocycles. The third-order valence-electron chi connectivity index (χ3n) is 3.05. The first kappa shape index (κ1) is 12.0. The second-order valence-corrected chi connectivity index (χ2v) is 4.99. The molecule has 1 aromatic heterocycles. The smallest absolute Gasteiger partial charge is 0.208 e. The summed E-state index contributed by atoms with van der Waals surface area (Å²) < 4.78 is 5.61. The van der Waals surface area contributed by atoms with Gasteiger partial charge in [0.2, 0.25) is 5.76 Å². The van der Waals surface area contributed by atoms with E-state index in [1.807, 2.05) is 19.9 Å². The molecule has 0 unspecified atom stereocenters. The SMILES string of the molecule is Cc1cc2oc(C#N)c(C(C)C)c2c(C)c1Cl. The second-order valence-electron chi connectivity index (χ2n) is 4.62. The van der Waals surface area contributed by atoms with Crippen LogP contribution in [0.4, 0.5) is 0 Å². The Kier molecular flexibility index (Phi) is 2.89. The van der Waals surface area contributed by atoms with E-state index in [9.17, 15) is 0 Å². The van der Waals surface area contributed by atoms with E-state index in [0.717, 1.165) is 32.7 Å². The normalized spacial score (nSPS) is 11.1. The topological polar surface area (TPSA) is 36.9 Å². The zero-order valence-corrected chi connectivity index (χ0v) is 11.1. The van der Waals surface area contributed by atoms with Crippen LogP contribution in [0.15, 0.2) is 10.5 Å². The number of fused-ring (bicyclic) bond motifs is 1. The molecule has 2 aromatic rings. The molecule has 0 aliphatic carbocycles. The Morgan fingerprint density at radius 3 is 2.53 bits per heavy atom. The van der Waals surface area contributed by atoms with Gasteiger partial charge in [0.1, 0.15) is 11.7 Å². The maximum absolute atomic E-state index is 9.12. The van der Waals surface area contributed by atoms with Gasteiger partial charge in [-0.25, -0.2) is 0 Å². The molecule has 0 radical (unpaired) electrons. The molecule has 17 heavy (non-hydrogen) atoms. The van der Waals surface area contributed by atoms with Crippen molar-refractivity contribution in [2.24, 2.45) is 0 Å². The van der Waals surface area contributed by atoms with Gasteiger partial charge in [-0.15, -0.1) is 0 Å². The van der Waals surface area contributed by atoms with Crippen molar-refractivity contribution in [2.75, 3.05) is 0 Å². The second kappa shape index (κ2) is 4.09. The number of hydrogen-bond donors (Lipinski definition) is 0. The molecule has 0 amide bonds. The van der Waals surface area contributed by atoms with Crippen LogP contribution in [0.5, 0.6) is 0 Å². The lowest BCUT2D eigenvalue weighted by Crippen LogP contribution is -1.91. The quantitative estimate of drug-likeness (QED) is 0.733. The summed E-state index contributed by atoms with van der Waals surface area (Å²) >= 11 is 6.26. The molecule has 0 spiro atoms. The van der Waals surface area contributed by atoms with Crippen molar-refractivity contribution in [1.82, 2.24) is 0 Å². The highest BCUT2D eigenvalue weighted by atomic mass is 35.5. The number of hydrogen-bond acceptors (Lipinski definition) is 2. The zero-order chi connectivity index (χ0) is 12.7. The fourth-order valence-electron chi connectivity index (χ4n) is 2.25. The van der Waals surface area contributed by atoms with E-state index in [1.165, 1.54) is 0 Å². The molecular formula is C14H14ClNO. The fourth-order valence-corrected chi connectivity index (χ4v) is 2.40. The Bertz CT molecular complexity index is 632. The van der Waals surface area contributed by atoms with Gasteiger partial charge in [0.25, 0.3) is 0 Å². The minimum Gasteiger partial charge on any atom is -0.445 e. The van der Waals surface area contributed by atoms with Gasteiger partial charge in [0, 0.05) is 16.0 Å². The molecule has 1 aromatic carbocycles. The van der Waals surface area contributed by atoms with E-state index >= 15 is 0 Å². The highest BCUT2D eigenvalue weighted by molar-refractivity contribution is 6.33. The molecule has 0 atom stereocenters. The predicted molar refractivity (Wildman–Crippen MR) is 69.5 cm³/mol. The number of furan rings is 1. The molecule has 0 aliphatic rings. The van der Waals surface area contributed by atoms with E-state index in [1.54, 1.807) is 0 Å². The number of nitriles is 1. The zero-order valence-electron chi connectivity index (χ0n) is 10.4. The first-order valence-corrected chi connectivity index (χ1v) is 5.97. The summed E-state index contributed by atoms with van der Waals surface area (Å²) in [5.74, 6) is 0.642. The van der Waals surface area contributed by atoms with Crippen molar-refractivity contribution in [3.05, 3.63) is 33.5 Å². The molecule has 0 fully saturated rings. The summed E-state index contributed by atoms with van der Waals surface area (Å²) in [5.41, 5.74) is 3.69. The minimum absolute atomic E-state index is 0.239. The van der Waals surface area contributed by atoms with Crippen molar-refractivity contribution < 1.29 is 4.42 Å². The van der Waals surface area contributed by atoms with Crippen molar-refractivity contribution in [2.45, 2.75) is 33.6 Å². The number of rotatable bonds is 1. The lowest BCUT2D eigenvalue weighted by Gasteiger charge is -2.07. The largest absolute Gasteiger partial charge is 0.445 e. The van der Waals surface area contributed by atoms with Gasteiger partial charge in [-0.05, 0) is 37.0 Å². The molecular weight excluding hydrogens is 234 g/mol. The third kappa shape index (κ3) is 1.71. The molecule has 0 N–H and O–H groups in total. The molecule has 2 rings (SSSR count). The van der Waals surface area contributed by atoms with Crippen LogP contribution in [0.1, 0.15) is 42.2 Å². The molecule has 88 valence electrons. The molecule has 0 saturated carbocycles. The Morgan fingerprint density at radius 1 is 1.35 bits per heavy atom. The van der Waals surface area contributed by atoms with Crippen molar-refractivity contribution in [1.29, 1.82) is 5.26 Å². The van der Waals surface area contributed by atoms with E-state index in [2.05, 4.69) is 19.9 Å². The van der Waals surface area contributed by atoms with E-state index in [4.69, 9.17) is 21.3 Å². The van der Waals surface area contributed by atoms with Gasteiger partial charge in [-0.2, -0.15) is 5.26 Å². The van der Waals surface area contributed by atoms with Crippen molar-refractivity contribution >= 4 is 22.6 Å². The summed E-state index contributed by atoms with van der Waals surface area (Å²) in [7, 11) is 0. The van der Waals surface area contributed by atoms with E-state index in [-0.39, 0.29) is 5.92 Å². The Hall–Kier alpha value is -1.46. The monoisotopic (exact) mass is 247 g/mol. The highest BCUT2D eigenvalue weighted by Gasteiger charge is 2.20. The van der Waals surface area contributed by atoms with Crippen LogP contribution in [-0.4, -0.2) is 0 Å². The molecule has 3 heteroatoms. The Labute approximate surface area is 106 Å². The standard InChI is InChI=1S/C14H14ClNO/c1-7(2)12-11(6-16)17-10-5-8(3)14(15)9(4)13(10)12/h5,7H,1-4H3. The molecule has 2 nitrogen and oxygen atoms in total. The Balaban J connectivity index is 2.97. The maximum atomic E-state index is 9.12. The molecule has 0 saturated heterocycles. The summed E-state index contributed by atoms with van der Waals surface area (Å²) in [6.07, 6.45) is 0. The first-order chi connectivity index (χ1) is 7.97. The van der Waals surface area contributed by atoms with Crippen LogP contribution in [-0.2, 0) is 0 Å². The minimum atomic E-state index is 0.239.